The number of esters is 3. The average molecular weight is 390 g/mol. The fraction of sp³-hybridized carbons (Fsp3) is 0.632. The summed E-state index contributed by atoms with van der Waals surface area (Å²) in [6.45, 7) is 5.60. The van der Waals surface area contributed by atoms with Crippen molar-refractivity contribution in [1.29, 1.82) is 0 Å². The molecule has 0 aromatic rings. The topological polar surface area (TPSA) is 129 Å². The fourth-order valence-corrected chi connectivity index (χ4v) is 6.93. The van der Waals surface area contributed by atoms with E-state index in [1.165, 1.54) is 6.08 Å². The molecule has 0 amide bonds. The highest BCUT2D eigenvalue weighted by Gasteiger charge is 2.97. The van der Waals surface area contributed by atoms with Crippen LogP contribution in [-0.4, -0.2) is 58.3 Å². The third-order valence-electron chi connectivity index (χ3n) is 7.42. The molecule has 8 atom stereocenters. The van der Waals surface area contributed by atoms with Crippen LogP contribution in [0.25, 0.3) is 0 Å². The first-order valence-corrected chi connectivity index (χ1v) is 9.16. The van der Waals surface area contributed by atoms with Crippen LogP contribution in [0.2, 0.25) is 0 Å². The molecule has 6 aliphatic rings. The maximum Gasteiger partial charge on any atom is 0.344 e. The van der Waals surface area contributed by atoms with Crippen LogP contribution in [0.4, 0.5) is 0 Å². The van der Waals surface area contributed by atoms with Crippen LogP contribution >= 0.6 is 0 Å². The highest BCUT2D eigenvalue weighted by molar-refractivity contribution is 6.00. The normalized spacial score (nSPS) is 52.5. The van der Waals surface area contributed by atoms with Gasteiger partial charge in [0.2, 0.25) is 11.9 Å². The zero-order valence-corrected chi connectivity index (χ0v) is 15.3. The smallest absolute Gasteiger partial charge is 0.344 e. The lowest BCUT2D eigenvalue weighted by Gasteiger charge is -2.45. The van der Waals surface area contributed by atoms with Gasteiger partial charge < -0.3 is 29.2 Å². The summed E-state index contributed by atoms with van der Waals surface area (Å²) in [5.41, 5.74) is -5.16. The van der Waals surface area contributed by atoms with Gasteiger partial charge in [-0.25, -0.2) is 14.4 Å². The SMILES string of the molecule is CC(C)(C)[C@@H]1[C@@H](O)C2OC(=O)C34OC5OC(=O)[C@H](O)C51C23C=C1OC(=O)C=C14. The van der Waals surface area contributed by atoms with Crippen molar-refractivity contribution in [1.82, 2.24) is 0 Å². The van der Waals surface area contributed by atoms with Crippen molar-refractivity contribution in [3.8, 4) is 0 Å². The van der Waals surface area contributed by atoms with Gasteiger partial charge in [-0.2, -0.15) is 0 Å². The van der Waals surface area contributed by atoms with Crippen LogP contribution in [0.15, 0.2) is 23.5 Å². The summed E-state index contributed by atoms with van der Waals surface area (Å²) in [6.07, 6.45) is -2.51. The summed E-state index contributed by atoms with van der Waals surface area (Å²) >= 11 is 0. The van der Waals surface area contributed by atoms with Crippen LogP contribution in [0, 0.1) is 22.2 Å². The highest BCUT2D eigenvalue weighted by Crippen LogP contribution is 2.82. The summed E-state index contributed by atoms with van der Waals surface area (Å²) in [6, 6.07) is 0. The standard InChI is InChI=1S/C19H18O9/c1-16(2,3)10-9(21)12-17-5-7-6(4-8(20)25-7)19(17,14(24)26-12)28-15-18(10,17)11(22)13(23)27-15/h4-5,9-12,15,21-22H,1-3H3/t9-,10+,11+,12?,15?,17?,18?,19?/m1/s1. The third kappa shape index (κ3) is 1.24. The van der Waals surface area contributed by atoms with Gasteiger partial charge in [0, 0.05) is 17.6 Å². The second-order valence-corrected chi connectivity index (χ2v) is 9.42. The van der Waals surface area contributed by atoms with E-state index in [1.54, 1.807) is 0 Å². The lowest BCUT2D eigenvalue weighted by atomic mass is 9.52. The van der Waals surface area contributed by atoms with Crippen LogP contribution in [0.3, 0.4) is 0 Å². The maximum atomic E-state index is 13.1. The zero-order valence-electron chi connectivity index (χ0n) is 15.3. The van der Waals surface area contributed by atoms with Crippen molar-refractivity contribution in [3.63, 3.8) is 0 Å². The van der Waals surface area contributed by atoms with Gasteiger partial charge in [-0.1, -0.05) is 20.8 Å². The predicted molar refractivity (Wildman–Crippen MR) is 85.7 cm³/mol. The molecule has 3 saturated heterocycles. The molecule has 0 aromatic carbocycles. The maximum absolute atomic E-state index is 13.1. The van der Waals surface area contributed by atoms with E-state index in [-0.39, 0.29) is 11.3 Å². The van der Waals surface area contributed by atoms with Gasteiger partial charge in [0.1, 0.15) is 11.9 Å². The Labute approximate surface area is 158 Å². The van der Waals surface area contributed by atoms with E-state index in [0.717, 1.165) is 6.08 Å². The van der Waals surface area contributed by atoms with Gasteiger partial charge in [-0.05, 0) is 11.5 Å². The largest absolute Gasteiger partial charge is 0.456 e. The molecular formula is C19H18O9. The number of hydrogen-bond acceptors (Lipinski definition) is 9. The number of ether oxygens (including phenoxy) is 4. The van der Waals surface area contributed by atoms with Gasteiger partial charge in [0.25, 0.3) is 0 Å². The molecule has 0 bridgehead atoms. The minimum atomic E-state index is -1.81. The van der Waals surface area contributed by atoms with Gasteiger partial charge in [-0.3, -0.25) is 0 Å². The first-order chi connectivity index (χ1) is 13.0. The van der Waals surface area contributed by atoms with Gasteiger partial charge in [0.15, 0.2) is 6.10 Å². The van der Waals surface area contributed by atoms with Gasteiger partial charge >= 0.3 is 17.9 Å². The fourth-order valence-electron chi connectivity index (χ4n) is 6.93. The van der Waals surface area contributed by atoms with Crippen molar-refractivity contribution in [2.45, 2.75) is 51.0 Å². The zero-order chi connectivity index (χ0) is 20.0. The summed E-state index contributed by atoms with van der Waals surface area (Å²) in [5, 5.41) is 22.4. The summed E-state index contributed by atoms with van der Waals surface area (Å²) in [5.74, 6) is -2.90. The molecule has 2 N–H and O–H groups in total. The molecule has 28 heavy (non-hydrogen) atoms. The minimum Gasteiger partial charge on any atom is -0.456 e. The van der Waals surface area contributed by atoms with Gasteiger partial charge in [-0.15, -0.1) is 0 Å². The first kappa shape index (κ1) is 16.7. The van der Waals surface area contributed by atoms with Crippen LogP contribution < -0.4 is 0 Å². The highest BCUT2D eigenvalue weighted by atomic mass is 16.7. The van der Waals surface area contributed by atoms with Crippen molar-refractivity contribution in [2.24, 2.45) is 22.2 Å². The molecule has 0 aromatic heterocycles. The summed E-state index contributed by atoms with van der Waals surface area (Å²) in [4.78, 5) is 37.3. The average Bonchev–Trinajstić information content (AvgIpc) is 3.29. The number of carbonyl (C=O) groups excluding carboxylic acids is 3. The molecule has 2 aliphatic carbocycles. The number of aliphatic hydroxyl groups excluding tert-OH is 2. The number of aliphatic hydroxyl groups is 2. The van der Waals surface area contributed by atoms with E-state index in [0.29, 0.717) is 0 Å². The second-order valence-electron chi connectivity index (χ2n) is 9.42. The van der Waals surface area contributed by atoms with Crippen LogP contribution in [0.5, 0.6) is 0 Å². The quantitative estimate of drug-likeness (QED) is 0.408. The molecule has 4 fully saturated rings. The Balaban J connectivity index is 1.74. The Hall–Kier alpha value is -2.23. The van der Waals surface area contributed by atoms with E-state index in [9.17, 15) is 24.6 Å². The van der Waals surface area contributed by atoms with E-state index in [1.807, 2.05) is 20.8 Å². The Kier molecular flexibility index (Phi) is 2.50. The Morgan fingerprint density at radius 1 is 1.11 bits per heavy atom. The third-order valence-corrected chi connectivity index (χ3v) is 7.42. The van der Waals surface area contributed by atoms with Crippen molar-refractivity contribution >= 4 is 17.9 Å². The van der Waals surface area contributed by atoms with Crippen molar-refractivity contribution in [2.75, 3.05) is 0 Å². The van der Waals surface area contributed by atoms with Crippen molar-refractivity contribution in [3.05, 3.63) is 23.5 Å². The number of hydrogen-bond donors (Lipinski definition) is 2. The van der Waals surface area contributed by atoms with Crippen LogP contribution in [0.1, 0.15) is 20.8 Å². The molecular weight excluding hydrogens is 372 g/mol. The molecule has 4 aliphatic heterocycles. The Morgan fingerprint density at radius 3 is 2.50 bits per heavy atom. The van der Waals surface area contributed by atoms with Crippen molar-refractivity contribution < 1.29 is 43.5 Å². The molecule has 5 unspecified atom stereocenters. The molecule has 9 heteroatoms. The number of fused-ring (bicyclic) bond motifs is 1. The summed E-state index contributed by atoms with van der Waals surface area (Å²) in [7, 11) is 0. The molecule has 148 valence electrons. The Bertz CT molecular complexity index is 957. The minimum absolute atomic E-state index is 0.137. The second kappa shape index (κ2) is 4.19. The lowest BCUT2D eigenvalue weighted by Crippen LogP contribution is -2.57. The monoisotopic (exact) mass is 390 g/mol. The lowest BCUT2D eigenvalue weighted by molar-refractivity contribution is -0.191. The molecule has 6 rings (SSSR count). The van der Waals surface area contributed by atoms with E-state index in [2.05, 4.69) is 0 Å². The van der Waals surface area contributed by atoms with E-state index < -0.39 is 70.3 Å². The van der Waals surface area contributed by atoms with Gasteiger partial charge in [0.05, 0.1) is 16.9 Å². The number of rotatable bonds is 0. The summed E-state index contributed by atoms with van der Waals surface area (Å²) < 4.78 is 22.3. The molecule has 1 saturated carbocycles. The van der Waals surface area contributed by atoms with E-state index in [4.69, 9.17) is 18.9 Å². The number of carbonyl (C=O) groups is 3. The molecule has 9 nitrogen and oxygen atoms in total. The predicted octanol–water partition coefficient (Wildman–Crippen LogP) is -0.685. The Morgan fingerprint density at radius 2 is 1.82 bits per heavy atom. The first-order valence-electron chi connectivity index (χ1n) is 9.16. The molecule has 4 heterocycles. The van der Waals surface area contributed by atoms with Crippen LogP contribution in [-0.2, 0) is 33.3 Å². The van der Waals surface area contributed by atoms with E-state index >= 15 is 0 Å². The molecule has 2 spiro atoms. The molecule has 0 radical (unpaired) electrons.